The van der Waals surface area contributed by atoms with E-state index in [1.807, 2.05) is 0 Å². The lowest BCUT2D eigenvalue weighted by Gasteiger charge is -2.39. The molecule has 3 rings (SSSR count). The van der Waals surface area contributed by atoms with E-state index in [2.05, 4.69) is 38.3 Å². The molecule has 0 aromatic carbocycles. The Morgan fingerprint density at radius 1 is 1.18 bits per heavy atom. The molecule has 3 saturated carbocycles. The van der Waals surface area contributed by atoms with Crippen LogP contribution in [0.2, 0.25) is 0 Å². The van der Waals surface area contributed by atoms with Gasteiger partial charge in [0.25, 0.3) is 0 Å². The maximum absolute atomic E-state index is 12.2. The molecule has 4 heteroatoms. The summed E-state index contributed by atoms with van der Waals surface area (Å²) in [4.78, 5) is 23.9. The molecule has 0 heterocycles. The van der Waals surface area contributed by atoms with Crippen molar-refractivity contribution < 1.29 is 9.59 Å². The van der Waals surface area contributed by atoms with Crippen LogP contribution in [0.25, 0.3) is 0 Å². The Kier molecular flexibility index (Phi) is 3.77. The minimum Gasteiger partial charge on any atom is -0.355 e. The van der Waals surface area contributed by atoms with Gasteiger partial charge in [0.1, 0.15) is 0 Å². The first-order valence-electron chi connectivity index (χ1n) is 8.83. The monoisotopic (exact) mass is 306 g/mol. The van der Waals surface area contributed by atoms with Gasteiger partial charge in [0.2, 0.25) is 11.8 Å². The maximum Gasteiger partial charge on any atom is 0.223 e. The average molecular weight is 306 g/mol. The second kappa shape index (κ2) is 5.24. The van der Waals surface area contributed by atoms with Crippen molar-refractivity contribution in [2.75, 3.05) is 6.54 Å². The standard InChI is InChI=1S/C18H30N2O2/c1-11-9-13(11)16(22)19-8-6-15(21)20-14-10-12-5-7-18(14,4)17(12,2)3/h11-14H,5-10H2,1-4H3,(H,19,22)(H,20,21). The number of fused-ring (bicyclic) bond motifs is 2. The van der Waals surface area contributed by atoms with Gasteiger partial charge in [-0.3, -0.25) is 9.59 Å². The molecule has 3 aliphatic rings. The summed E-state index contributed by atoms with van der Waals surface area (Å²) in [6.07, 6.45) is 5.01. The van der Waals surface area contributed by atoms with Crippen LogP contribution >= 0.6 is 0 Å². The molecule has 124 valence electrons. The van der Waals surface area contributed by atoms with E-state index >= 15 is 0 Å². The number of rotatable bonds is 5. The molecule has 2 amide bonds. The Bertz CT molecular complexity index is 487. The summed E-state index contributed by atoms with van der Waals surface area (Å²) in [6, 6.07) is 0.299. The number of carbonyl (C=O) groups is 2. The van der Waals surface area contributed by atoms with Crippen LogP contribution in [0, 0.1) is 28.6 Å². The SMILES string of the molecule is CC1CC1C(=O)NCCC(=O)NC1CC2CCC1(C)C2(C)C. The Balaban J connectivity index is 1.44. The number of hydrogen-bond acceptors (Lipinski definition) is 2. The topological polar surface area (TPSA) is 58.2 Å². The Labute approximate surface area is 133 Å². The molecule has 0 saturated heterocycles. The van der Waals surface area contributed by atoms with Crippen LogP contribution in [0.5, 0.6) is 0 Å². The molecule has 3 fully saturated rings. The van der Waals surface area contributed by atoms with Crippen molar-refractivity contribution >= 4 is 11.8 Å². The van der Waals surface area contributed by atoms with Crippen molar-refractivity contribution in [3.8, 4) is 0 Å². The highest BCUT2D eigenvalue weighted by Gasteiger charge is 2.61. The first kappa shape index (κ1) is 15.8. The number of carbonyl (C=O) groups excluding carboxylic acids is 2. The molecular formula is C18H30N2O2. The molecule has 0 aromatic rings. The first-order chi connectivity index (χ1) is 10.3. The van der Waals surface area contributed by atoms with E-state index in [1.165, 1.54) is 12.8 Å². The predicted octanol–water partition coefficient (Wildman–Crippen LogP) is 2.48. The normalized spacial score (nSPS) is 41.3. The fourth-order valence-corrected chi connectivity index (χ4v) is 4.81. The lowest BCUT2D eigenvalue weighted by atomic mass is 9.69. The van der Waals surface area contributed by atoms with E-state index in [1.54, 1.807) is 0 Å². The second-order valence-electron chi connectivity index (χ2n) is 8.59. The van der Waals surface area contributed by atoms with Crippen molar-refractivity contribution in [1.29, 1.82) is 0 Å². The van der Waals surface area contributed by atoms with Crippen LogP contribution in [0.15, 0.2) is 0 Å². The predicted molar refractivity (Wildman–Crippen MR) is 86.1 cm³/mol. The fraction of sp³-hybridized carbons (Fsp3) is 0.889. The van der Waals surface area contributed by atoms with Gasteiger partial charge < -0.3 is 10.6 Å². The van der Waals surface area contributed by atoms with Crippen molar-refractivity contribution in [3.05, 3.63) is 0 Å². The van der Waals surface area contributed by atoms with Crippen molar-refractivity contribution in [3.63, 3.8) is 0 Å². The van der Waals surface area contributed by atoms with E-state index in [-0.39, 0.29) is 23.1 Å². The van der Waals surface area contributed by atoms with E-state index in [0.29, 0.717) is 30.3 Å². The van der Waals surface area contributed by atoms with Crippen molar-refractivity contribution in [2.24, 2.45) is 28.6 Å². The minimum atomic E-state index is 0.0821. The molecule has 5 unspecified atom stereocenters. The van der Waals surface area contributed by atoms with Gasteiger partial charge in [0, 0.05) is 24.9 Å². The lowest BCUT2D eigenvalue weighted by Crippen LogP contribution is -2.47. The third-order valence-corrected chi connectivity index (χ3v) is 7.23. The first-order valence-corrected chi connectivity index (χ1v) is 8.83. The quantitative estimate of drug-likeness (QED) is 0.820. The van der Waals surface area contributed by atoms with Crippen molar-refractivity contribution in [1.82, 2.24) is 10.6 Å². The number of amides is 2. The van der Waals surface area contributed by atoms with Gasteiger partial charge in [-0.15, -0.1) is 0 Å². The average Bonchev–Trinajstić information content (AvgIpc) is 3.09. The van der Waals surface area contributed by atoms with Crippen molar-refractivity contribution in [2.45, 2.75) is 65.8 Å². The third-order valence-electron chi connectivity index (χ3n) is 7.23. The molecule has 0 aromatic heterocycles. The van der Waals surface area contributed by atoms with E-state index in [4.69, 9.17) is 0 Å². The zero-order valence-electron chi connectivity index (χ0n) is 14.4. The number of hydrogen-bond donors (Lipinski definition) is 2. The molecular weight excluding hydrogens is 276 g/mol. The van der Waals surface area contributed by atoms with E-state index in [0.717, 1.165) is 18.8 Å². The molecule has 2 bridgehead atoms. The minimum absolute atomic E-state index is 0.0821. The van der Waals surface area contributed by atoms with Crippen LogP contribution in [0.1, 0.15) is 59.8 Å². The summed E-state index contributed by atoms with van der Waals surface area (Å²) in [6.45, 7) is 9.60. The summed E-state index contributed by atoms with van der Waals surface area (Å²) in [5, 5.41) is 6.13. The largest absolute Gasteiger partial charge is 0.355 e. The smallest absolute Gasteiger partial charge is 0.223 e. The third kappa shape index (κ3) is 2.44. The summed E-state index contributed by atoms with van der Waals surface area (Å²) in [5.74, 6) is 1.64. The Morgan fingerprint density at radius 2 is 1.86 bits per heavy atom. The Hall–Kier alpha value is -1.06. The van der Waals surface area contributed by atoms with Gasteiger partial charge in [0.05, 0.1) is 0 Å². The van der Waals surface area contributed by atoms with Gasteiger partial charge in [-0.05, 0) is 48.3 Å². The van der Waals surface area contributed by atoms with Gasteiger partial charge in [0.15, 0.2) is 0 Å². The number of nitrogens with one attached hydrogen (secondary N) is 2. The summed E-state index contributed by atoms with van der Waals surface area (Å²) in [5.41, 5.74) is 0.543. The summed E-state index contributed by atoms with van der Waals surface area (Å²) >= 11 is 0. The Morgan fingerprint density at radius 3 is 2.36 bits per heavy atom. The fourth-order valence-electron chi connectivity index (χ4n) is 4.81. The highest BCUT2D eigenvalue weighted by Crippen LogP contribution is 2.65. The van der Waals surface area contributed by atoms with Gasteiger partial charge >= 0.3 is 0 Å². The van der Waals surface area contributed by atoms with Crippen LogP contribution in [0.4, 0.5) is 0 Å². The summed E-state index contributed by atoms with van der Waals surface area (Å²) in [7, 11) is 0. The molecule has 5 atom stereocenters. The van der Waals surface area contributed by atoms with Crippen LogP contribution < -0.4 is 10.6 Å². The molecule has 4 nitrogen and oxygen atoms in total. The highest BCUT2D eigenvalue weighted by molar-refractivity contribution is 5.82. The maximum atomic E-state index is 12.2. The molecule has 0 radical (unpaired) electrons. The molecule has 0 spiro atoms. The molecule has 2 N–H and O–H groups in total. The van der Waals surface area contributed by atoms with Gasteiger partial charge in [-0.25, -0.2) is 0 Å². The van der Waals surface area contributed by atoms with E-state index < -0.39 is 0 Å². The van der Waals surface area contributed by atoms with Crippen LogP contribution in [0.3, 0.4) is 0 Å². The van der Waals surface area contributed by atoms with E-state index in [9.17, 15) is 9.59 Å². The molecule has 0 aliphatic heterocycles. The molecule has 3 aliphatic carbocycles. The second-order valence-corrected chi connectivity index (χ2v) is 8.59. The highest BCUT2D eigenvalue weighted by atomic mass is 16.2. The van der Waals surface area contributed by atoms with Crippen LogP contribution in [-0.4, -0.2) is 24.4 Å². The zero-order chi connectivity index (χ0) is 16.1. The summed E-state index contributed by atoms with van der Waals surface area (Å²) < 4.78 is 0. The van der Waals surface area contributed by atoms with Gasteiger partial charge in [-0.1, -0.05) is 27.7 Å². The van der Waals surface area contributed by atoms with Crippen LogP contribution in [-0.2, 0) is 9.59 Å². The molecule has 22 heavy (non-hydrogen) atoms. The van der Waals surface area contributed by atoms with Gasteiger partial charge in [-0.2, -0.15) is 0 Å². The lowest BCUT2D eigenvalue weighted by molar-refractivity contribution is -0.124. The zero-order valence-corrected chi connectivity index (χ0v) is 14.4.